The first-order valence-electron chi connectivity index (χ1n) is 5.41. The Labute approximate surface area is 123 Å². The van der Waals surface area contributed by atoms with E-state index in [-0.39, 0.29) is 16.9 Å². The molecule has 1 heterocycles. The van der Waals surface area contributed by atoms with Gasteiger partial charge in [-0.25, -0.2) is 4.39 Å². The zero-order chi connectivity index (χ0) is 13.3. The number of hydrogen-bond acceptors (Lipinski definition) is 2. The van der Waals surface area contributed by atoms with E-state index in [0.717, 1.165) is 14.9 Å². The lowest BCUT2D eigenvalue weighted by molar-refractivity contribution is 0.618. The highest BCUT2D eigenvalue weighted by Crippen LogP contribution is 2.36. The molecular weight excluding hydrogens is 337 g/mol. The maximum Gasteiger partial charge on any atom is 0.142 e. The van der Waals surface area contributed by atoms with Crippen LogP contribution >= 0.6 is 38.9 Å². The molecule has 0 saturated heterocycles. The summed E-state index contributed by atoms with van der Waals surface area (Å²) in [5.74, 6) is -0.387. The molecular formula is C13H12BrClFNS. The van der Waals surface area contributed by atoms with E-state index in [0.29, 0.717) is 0 Å². The SMILES string of the molecule is CNC(c1cc(Br)c(C)s1)c1cccc(F)c1Cl. The number of halogens is 3. The zero-order valence-corrected chi connectivity index (χ0v) is 13.1. The maximum absolute atomic E-state index is 13.5. The van der Waals surface area contributed by atoms with Gasteiger partial charge in [-0.05, 0) is 47.6 Å². The lowest BCUT2D eigenvalue weighted by Crippen LogP contribution is -2.17. The van der Waals surface area contributed by atoms with Gasteiger partial charge in [-0.1, -0.05) is 23.7 Å². The van der Waals surface area contributed by atoms with Crippen LogP contribution < -0.4 is 5.32 Å². The molecule has 2 aromatic rings. The molecule has 0 aliphatic rings. The molecule has 0 aliphatic heterocycles. The predicted octanol–water partition coefficient (Wildman–Crippen LogP) is 4.92. The van der Waals surface area contributed by atoms with E-state index in [9.17, 15) is 4.39 Å². The van der Waals surface area contributed by atoms with Gasteiger partial charge < -0.3 is 5.32 Å². The van der Waals surface area contributed by atoms with Crippen LogP contribution in [0, 0.1) is 12.7 Å². The van der Waals surface area contributed by atoms with Gasteiger partial charge >= 0.3 is 0 Å². The van der Waals surface area contributed by atoms with E-state index in [1.807, 2.05) is 26.1 Å². The zero-order valence-electron chi connectivity index (χ0n) is 9.93. The number of hydrogen-bond donors (Lipinski definition) is 1. The van der Waals surface area contributed by atoms with Crippen molar-refractivity contribution in [2.75, 3.05) is 7.05 Å². The Balaban J connectivity index is 2.48. The summed E-state index contributed by atoms with van der Waals surface area (Å²) in [6.45, 7) is 2.04. The maximum atomic E-state index is 13.5. The molecule has 1 aromatic carbocycles. The van der Waals surface area contributed by atoms with Crippen LogP contribution in [-0.4, -0.2) is 7.05 Å². The Hall–Kier alpha value is -0.420. The van der Waals surface area contributed by atoms with Crippen LogP contribution in [0.3, 0.4) is 0 Å². The van der Waals surface area contributed by atoms with E-state index in [2.05, 4.69) is 21.2 Å². The fourth-order valence-electron chi connectivity index (χ4n) is 1.82. The van der Waals surface area contributed by atoms with Crippen molar-refractivity contribution < 1.29 is 4.39 Å². The fourth-order valence-corrected chi connectivity index (χ4v) is 3.74. The van der Waals surface area contributed by atoms with Crippen LogP contribution in [0.2, 0.25) is 5.02 Å². The van der Waals surface area contributed by atoms with Crippen molar-refractivity contribution in [3.8, 4) is 0 Å². The Kier molecular flexibility index (Phi) is 4.43. The largest absolute Gasteiger partial charge is 0.309 e. The molecule has 0 aliphatic carbocycles. The molecule has 0 amide bonds. The van der Waals surface area contributed by atoms with E-state index in [4.69, 9.17) is 11.6 Å². The highest BCUT2D eigenvalue weighted by Gasteiger charge is 2.19. The van der Waals surface area contributed by atoms with E-state index in [1.165, 1.54) is 10.9 Å². The second kappa shape index (κ2) is 5.70. The summed E-state index contributed by atoms with van der Waals surface area (Å²) < 4.78 is 14.6. The second-order valence-electron chi connectivity index (χ2n) is 3.92. The van der Waals surface area contributed by atoms with Crippen molar-refractivity contribution in [2.45, 2.75) is 13.0 Å². The predicted molar refractivity (Wildman–Crippen MR) is 79.1 cm³/mol. The van der Waals surface area contributed by atoms with Gasteiger partial charge in [0.2, 0.25) is 0 Å². The van der Waals surface area contributed by atoms with Gasteiger partial charge in [0.05, 0.1) is 11.1 Å². The van der Waals surface area contributed by atoms with Gasteiger partial charge in [-0.3, -0.25) is 0 Å². The van der Waals surface area contributed by atoms with Crippen molar-refractivity contribution >= 4 is 38.9 Å². The topological polar surface area (TPSA) is 12.0 Å². The highest BCUT2D eigenvalue weighted by molar-refractivity contribution is 9.10. The van der Waals surface area contributed by atoms with Crippen LogP contribution in [0.15, 0.2) is 28.7 Å². The van der Waals surface area contributed by atoms with Gasteiger partial charge in [0, 0.05) is 14.2 Å². The quantitative estimate of drug-likeness (QED) is 0.830. The van der Waals surface area contributed by atoms with Crippen molar-refractivity contribution in [3.05, 3.63) is 54.9 Å². The molecule has 1 nitrogen and oxygen atoms in total. The number of nitrogens with one attached hydrogen (secondary N) is 1. The smallest absolute Gasteiger partial charge is 0.142 e. The highest BCUT2D eigenvalue weighted by atomic mass is 79.9. The normalized spacial score (nSPS) is 12.7. The number of benzene rings is 1. The third-order valence-corrected chi connectivity index (χ3v) is 5.34. The third kappa shape index (κ3) is 2.62. The Morgan fingerprint density at radius 1 is 1.44 bits per heavy atom. The monoisotopic (exact) mass is 347 g/mol. The summed E-state index contributed by atoms with van der Waals surface area (Å²) in [5, 5.41) is 3.36. The molecule has 0 fully saturated rings. The molecule has 0 bridgehead atoms. The average molecular weight is 349 g/mol. The lowest BCUT2D eigenvalue weighted by atomic mass is 10.1. The van der Waals surface area contributed by atoms with Gasteiger partial charge in [0.1, 0.15) is 5.82 Å². The molecule has 1 aromatic heterocycles. The summed E-state index contributed by atoms with van der Waals surface area (Å²) in [5.41, 5.74) is 0.757. The number of rotatable bonds is 3. The molecule has 0 spiro atoms. The molecule has 5 heteroatoms. The first-order valence-corrected chi connectivity index (χ1v) is 7.40. The molecule has 96 valence electrons. The van der Waals surface area contributed by atoms with Crippen molar-refractivity contribution in [1.82, 2.24) is 5.32 Å². The van der Waals surface area contributed by atoms with Gasteiger partial charge in [0.15, 0.2) is 0 Å². The second-order valence-corrected chi connectivity index (χ2v) is 6.44. The van der Waals surface area contributed by atoms with Gasteiger partial charge in [-0.2, -0.15) is 0 Å². The molecule has 18 heavy (non-hydrogen) atoms. The summed E-state index contributed by atoms with van der Waals surface area (Å²) in [6.07, 6.45) is 0. The first-order chi connectivity index (χ1) is 8.54. The molecule has 2 rings (SSSR count). The van der Waals surface area contributed by atoms with Crippen LogP contribution in [0.5, 0.6) is 0 Å². The molecule has 0 saturated carbocycles. The van der Waals surface area contributed by atoms with Crippen LogP contribution in [-0.2, 0) is 0 Å². The Bertz CT molecular complexity index is 551. The van der Waals surface area contributed by atoms with E-state index in [1.54, 1.807) is 17.4 Å². The summed E-state index contributed by atoms with van der Waals surface area (Å²) in [7, 11) is 1.84. The first kappa shape index (κ1) is 14.0. The third-order valence-electron chi connectivity index (χ3n) is 2.74. The minimum Gasteiger partial charge on any atom is -0.309 e. The van der Waals surface area contributed by atoms with E-state index < -0.39 is 0 Å². The van der Waals surface area contributed by atoms with Crippen molar-refractivity contribution in [2.24, 2.45) is 0 Å². The van der Waals surface area contributed by atoms with Crippen LogP contribution in [0.1, 0.15) is 21.4 Å². The van der Waals surface area contributed by atoms with Crippen molar-refractivity contribution in [3.63, 3.8) is 0 Å². The molecule has 1 unspecified atom stereocenters. The molecule has 1 atom stereocenters. The Morgan fingerprint density at radius 2 is 2.17 bits per heavy atom. The van der Waals surface area contributed by atoms with Crippen molar-refractivity contribution in [1.29, 1.82) is 0 Å². The standard InChI is InChI=1S/C13H12BrClFNS/c1-7-9(14)6-11(18-7)13(17-2)8-4-3-5-10(16)12(8)15/h3-6,13,17H,1-2H3. The number of aryl methyl sites for hydroxylation is 1. The minimum absolute atomic E-state index is 0.0943. The lowest BCUT2D eigenvalue weighted by Gasteiger charge is -2.16. The Morgan fingerprint density at radius 3 is 2.72 bits per heavy atom. The molecule has 1 N–H and O–H groups in total. The van der Waals surface area contributed by atoms with E-state index >= 15 is 0 Å². The summed E-state index contributed by atoms with van der Waals surface area (Å²) in [4.78, 5) is 2.30. The van der Waals surface area contributed by atoms with Gasteiger partial charge in [0.25, 0.3) is 0 Å². The fraction of sp³-hybridized carbons (Fsp3) is 0.231. The minimum atomic E-state index is -0.387. The molecule has 0 radical (unpaired) electrons. The number of thiophene rings is 1. The van der Waals surface area contributed by atoms with Crippen LogP contribution in [0.4, 0.5) is 4.39 Å². The summed E-state index contributed by atoms with van der Waals surface area (Å²) >= 11 is 11.2. The van der Waals surface area contributed by atoms with Crippen LogP contribution in [0.25, 0.3) is 0 Å². The average Bonchev–Trinajstić information content (AvgIpc) is 2.66. The van der Waals surface area contributed by atoms with Gasteiger partial charge in [-0.15, -0.1) is 11.3 Å². The summed E-state index contributed by atoms with van der Waals surface area (Å²) in [6, 6.07) is 6.84.